The van der Waals surface area contributed by atoms with Gasteiger partial charge in [-0.1, -0.05) is 60.1 Å². The minimum absolute atomic E-state index is 0.141. The van der Waals surface area contributed by atoms with Gasteiger partial charge in [-0.25, -0.2) is 18.1 Å². The van der Waals surface area contributed by atoms with Crippen molar-refractivity contribution in [3.63, 3.8) is 0 Å². The van der Waals surface area contributed by atoms with Crippen molar-refractivity contribution in [1.29, 1.82) is 0 Å². The molecule has 1 N–H and O–H groups in total. The number of hydrazone groups is 1. The molecule has 0 fully saturated rings. The predicted octanol–water partition coefficient (Wildman–Crippen LogP) is 5.94. The molecular formula is C29H24BrClN4O7S. The summed E-state index contributed by atoms with van der Waals surface area (Å²) in [6.07, 6.45) is 1.32. The number of hydrogen-bond acceptors (Lipinski definition) is 8. The highest BCUT2D eigenvalue weighted by molar-refractivity contribution is 9.10. The van der Waals surface area contributed by atoms with Crippen molar-refractivity contribution in [2.24, 2.45) is 5.10 Å². The summed E-state index contributed by atoms with van der Waals surface area (Å²) >= 11 is 9.67. The summed E-state index contributed by atoms with van der Waals surface area (Å²) in [5.41, 5.74) is 2.84. The van der Waals surface area contributed by atoms with Crippen LogP contribution in [-0.2, 0) is 21.4 Å². The molecule has 4 aromatic carbocycles. The summed E-state index contributed by atoms with van der Waals surface area (Å²) < 4.78 is 39.6. The maximum atomic E-state index is 13.5. The van der Waals surface area contributed by atoms with Crippen LogP contribution >= 0.6 is 27.5 Å². The standard InChI is InChI=1S/C29H24BrClN4O7S/c1-41-27-16-20(15-23(30)29(27)42-19-21-9-5-6-12-24(21)31)17-32-33-28(36)18-34(25-13-7-8-14-26(25)35(37)38)43(39,40)22-10-3-2-4-11-22/h2-17H,18-19H2,1H3,(H,33,36)/b32-17+. The number of nitrogens with one attached hydrogen (secondary N) is 1. The summed E-state index contributed by atoms with van der Waals surface area (Å²) in [6.45, 7) is -0.582. The number of benzene rings is 4. The molecule has 0 saturated carbocycles. The van der Waals surface area contributed by atoms with Crippen LogP contribution in [0.4, 0.5) is 11.4 Å². The second-order valence-corrected chi connectivity index (χ2v) is 11.9. The lowest BCUT2D eigenvalue weighted by molar-refractivity contribution is -0.384. The van der Waals surface area contributed by atoms with Crippen LogP contribution in [0, 0.1) is 10.1 Å². The molecule has 0 aliphatic rings. The number of halogens is 2. The highest BCUT2D eigenvalue weighted by Gasteiger charge is 2.31. The van der Waals surface area contributed by atoms with Crippen LogP contribution < -0.4 is 19.2 Å². The van der Waals surface area contributed by atoms with E-state index >= 15 is 0 Å². The number of nitro groups is 1. The third-order valence-corrected chi connectivity index (χ3v) is 8.68. The first-order chi connectivity index (χ1) is 20.6. The predicted molar refractivity (Wildman–Crippen MR) is 166 cm³/mol. The molecule has 0 atom stereocenters. The molecule has 0 saturated heterocycles. The van der Waals surface area contributed by atoms with Crippen molar-refractivity contribution in [3.8, 4) is 11.5 Å². The van der Waals surface area contributed by atoms with Crippen LogP contribution in [0.5, 0.6) is 11.5 Å². The Balaban J connectivity index is 1.53. The van der Waals surface area contributed by atoms with Crippen molar-refractivity contribution in [1.82, 2.24) is 5.43 Å². The van der Waals surface area contributed by atoms with Gasteiger partial charge in [0.15, 0.2) is 11.5 Å². The van der Waals surface area contributed by atoms with E-state index in [0.29, 0.717) is 30.9 Å². The molecule has 0 unspecified atom stereocenters. The third-order valence-electron chi connectivity index (χ3n) is 5.95. The van der Waals surface area contributed by atoms with E-state index in [9.17, 15) is 23.3 Å². The van der Waals surface area contributed by atoms with E-state index in [1.807, 2.05) is 18.2 Å². The lowest BCUT2D eigenvalue weighted by atomic mass is 10.2. The summed E-state index contributed by atoms with van der Waals surface area (Å²) in [4.78, 5) is 23.7. The van der Waals surface area contributed by atoms with Gasteiger partial charge in [0.2, 0.25) is 0 Å². The largest absolute Gasteiger partial charge is 0.493 e. The number of hydrogen-bond donors (Lipinski definition) is 1. The van der Waals surface area contributed by atoms with Crippen molar-refractivity contribution in [2.45, 2.75) is 11.5 Å². The number of methoxy groups -OCH3 is 1. The van der Waals surface area contributed by atoms with E-state index in [0.717, 1.165) is 11.6 Å². The number of carbonyl (C=O) groups excluding carboxylic acids is 1. The SMILES string of the molecule is COc1cc(/C=N/NC(=O)CN(c2ccccc2[N+](=O)[O-])S(=O)(=O)c2ccccc2)cc(Br)c1OCc1ccccc1Cl. The average molecular weight is 688 g/mol. The van der Waals surface area contributed by atoms with Crippen LogP contribution in [0.15, 0.2) is 105 Å². The van der Waals surface area contributed by atoms with Gasteiger partial charge in [-0.05, 0) is 57.9 Å². The van der Waals surface area contributed by atoms with Gasteiger partial charge in [-0.2, -0.15) is 5.10 Å². The van der Waals surface area contributed by atoms with Gasteiger partial charge >= 0.3 is 0 Å². The molecule has 222 valence electrons. The molecule has 43 heavy (non-hydrogen) atoms. The van der Waals surface area contributed by atoms with Crippen molar-refractivity contribution < 1.29 is 27.6 Å². The number of para-hydroxylation sites is 2. The maximum absolute atomic E-state index is 13.5. The minimum atomic E-state index is -4.36. The summed E-state index contributed by atoms with van der Waals surface area (Å²) in [6, 6.07) is 23.2. The Hall–Kier alpha value is -4.46. The maximum Gasteiger partial charge on any atom is 0.293 e. The number of carbonyl (C=O) groups is 1. The summed E-state index contributed by atoms with van der Waals surface area (Å²) in [5, 5.41) is 16.2. The van der Waals surface area contributed by atoms with Crippen LogP contribution in [0.3, 0.4) is 0 Å². The lowest BCUT2D eigenvalue weighted by Crippen LogP contribution is -2.39. The normalized spacial score (nSPS) is 11.2. The fourth-order valence-electron chi connectivity index (χ4n) is 3.91. The molecule has 0 aliphatic heterocycles. The quantitative estimate of drug-likeness (QED) is 0.110. The summed E-state index contributed by atoms with van der Waals surface area (Å²) in [5.74, 6) is -0.0276. The Morgan fingerprint density at radius 1 is 1.07 bits per heavy atom. The Bertz CT molecular complexity index is 1770. The fraction of sp³-hybridized carbons (Fsp3) is 0.103. The minimum Gasteiger partial charge on any atom is -0.493 e. The molecule has 11 nitrogen and oxygen atoms in total. The van der Waals surface area contributed by atoms with Gasteiger partial charge in [0.05, 0.1) is 27.6 Å². The van der Waals surface area contributed by atoms with E-state index in [4.69, 9.17) is 21.1 Å². The van der Waals surface area contributed by atoms with Gasteiger partial charge in [0.1, 0.15) is 18.8 Å². The molecule has 4 aromatic rings. The monoisotopic (exact) mass is 686 g/mol. The number of sulfonamides is 1. The highest BCUT2D eigenvalue weighted by atomic mass is 79.9. The topological polar surface area (TPSA) is 140 Å². The second kappa shape index (κ2) is 14.1. The molecular weight excluding hydrogens is 664 g/mol. The molecule has 0 aliphatic carbocycles. The zero-order chi connectivity index (χ0) is 31.0. The van der Waals surface area contributed by atoms with Crippen LogP contribution in [0.1, 0.15) is 11.1 Å². The van der Waals surface area contributed by atoms with E-state index < -0.39 is 33.1 Å². The van der Waals surface area contributed by atoms with Gasteiger partial charge in [0, 0.05) is 16.7 Å². The van der Waals surface area contributed by atoms with Gasteiger partial charge in [-0.3, -0.25) is 14.9 Å². The number of nitro benzene ring substituents is 1. The Morgan fingerprint density at radius 2 is 1.74 bits per heavy atom. The lowest BCUT2D eigenvalue weighted by Gasteiger charge is -2.23. The molecule has 0 bridgehead atoms. The first kappa shape index (κ1) is 31.5. The van der Waals surface area contributed by atoms with E-state index in [1.54, 1.807) is 24.3 Å². The van der Waals surface area contributed by atoms with Crippen LogP contribution in [0.2, 0.25) is 5.02 Å². The first-order valence-electron chi connectivity index (χ1n) is 12.5. The molecule has 0 spiro atoms. The molecule has 1 amide bonds. The van der Waals surface area contributed by atoms with Gasteiger partial charge in [-0.15, -0.1) is 0 Å². The van der Waals surface area contributed by atoms with Crippen molar-refractivity contribution in [3.05, 3.63) is 122 Å². The second-order valence-electron chi connectivity index (χ2n) is 8.78. The Morgan fingerprint density at radius 3 is 2.44 bits per heavy atom. The molecule has 0 aromatic heterocycles. The smallest absolute Gasteiger partial charge is 0.293 e. The number of anilines is 1. The zero-order valence-electron chi connectivity index (χ0n) is 22.5. The van der Waals surface area contributed by atoms with E-state index in [-0.39, 0.29) is 17.2 Å². The molecule has 4 rings (SSSR count). The molecule has 0 radical (unpaired) electrons. The number of rotatable bonds is 12. The average Bonchev–Trinajstić information content (AvgIpc) is 3.00. The molecule has 14 heteroatoms. The van der Waals surface area contributed by atoms with Gasteiger partial charge < -0.3 is 9.47 Å². The van der Waals surface area contributed by atoms with Crippen LogP contribution in [0.25, 0.3) is 0 Å². The van der Waals surface area contributed by atoms with E-state index in [2.05, 4.69) is 26.5 Å². The third kappa shape index (κ3) is 7.69. The highest BCUT2D eigenvalue weighted by Crippen LogP contribution is 2.37. The Labute approximate surface area is 261 Å². The first-order valence-corrected chi connectivity index (χ1v) is 15.1. The fourth-order valence-corrected chi connectivity index (χ4v) is 6.13. The van der Waals surface area contributed by atoms with E-state index in [1.165, 1.54) is 55.8 Å². The van der Waals surface area contributed by atoms with Gasteiger partial charge in [0.25, 0.3) is 21.6 Å². The number of nitrogens with zero attached hydrogens (tertiary/aromatic N) is 3. The van der Waals surface area contributed by atoms with Crippen molar-refractivity contribution >= 4 is 61.1 Å². The Kier molecular flexibility index (Phi) is 10.3. The zero-order valence-corrected chi connectivity index (χ0v) is 25.7. The summed E-state index contributed by atoms with van der Waals surface area (Å²) in [7, 11) is -2.89. The number of ether oxygens (including phenoxy) is 2. The van der Waals surface area contributed by atoms with Crippen LogP contribution in [-0.4, -0.2) is 39.1 Å². The number of amides is 1. The molecule has 0 heterocycles. The van der Waals surface area contributed by atoms with Crippen molar-refractivity contribution in [2.75, 3.05) is 18.0 Å².